The lowest BCUT2D eigenvalue weighted by Crippen LogP contribution is -2.26. The summed E-state index contributed by atoms with van der Waals surface area (Å²) in [7, 11) is -2.37. The van der Waals surface area contributed by atoms with E-state index < -0.39 is 10.0 Å². The van der Waals surface area contributed by atoms with E-state index in [0.29, 0.717) is 21.4 Å². The van der Waals surface area contributed by atoms with Crippen LogP contribution in [0.2, 0.25) is 5.02 Å². The average Bonchev–Trinajstić information content (AvgIpc) is 3.39. The molecule has 0 saturated heterocycles. The van der Waals surface area contributed by atoms with Crippen LogP contribution in [-0.4, -0.2) is 25.6 Å². The van der Waals surface area contributed by atoms with Crippen LogP contribution in [0.5, 0.6) is 0 Å². The van der Waals surface area contributed by atoms with Gasteiger partial charge in [-0.1, -0.05) is 52.7 Å². The molecule has 0 N–H and O–H groups in total. The van der Waals surface area contributed by atoms with Crippen molar-refractivity contribution < 1.29 is 12.9 Å². The molecule has 2 aromatic heterocycles. The van der Waals surface area contributed by atoms with Gasteiger partial charge in [-0.15, -0.1) is 11.3 Å². The molecule has 4 rings (SSSR count). The van der Waals surface area contributed by atoms with Crippen molar-refractivity contribution >= 4 is 38.6 Å². The Morgan fingerprint density at radius 3 is 2.50 bits per heavy atom. The van der Waals surface area contributed by atoms with Crippen LogP contribution in [0.25, 0.3) is 22.2 Å². The van der Waals surface area contributed by atoms with Crippen LogP contribution in [-0.2, 0) is 10.0 Å². The summed E-state index contributed by atoms with van der Waals surface area (Å²) in [5, 5.41) is 6.20. The van der Waals surface area contributed by atoms with Gasteiger partial charge in [0.25, 0.3) is 15.9 Å². The second-order valence-corrected chi connectivity index (χ2v) is 10.1. The van der Waals surface area contributed by atoms with Crippen LogP contribution in [0.1, 0.15) is 11.1 Å². The van der Waals surface area contributed by atoms with Crippen molar-refractivity contribution in [3.8, 4) is 22.2 Å². The Balaban J connectivity index is 1.70. The number of anilines is 1. The van der Waals surface area contributed by atoms with E-state index in [1.165, 1.54) is 28.8 Å². The predicted molar refractivity (Wildman–Crippen MR) is 120 cm³/mol. The van der Waals surface area contributed by atoms with Crippen molar-refractivity contribution in [3.05, 3.63) is 70.1 Å². The third-order valence-corrected chi connectivity index (χ3v) is 7.98. The Morgan fingerprint density at radius 1 is 1.07 bits per heavy atom. The van der Waals surface area contributed by atoms with E-state index in [2.05, 4.69) is 10.1 Å². The fourth-order valence-electron chi connectivity index (χ4n) is 2.86. The fraction of sp³-hybridized carbons (Fsp3) is 0.143. The molecule has 0 saturated carbocycles. The van der Waals surface area contributed by atoms with E-state index in [9.17, 15) is 8.42 Å². The van der Waals surface area contributed by atoms with Gasteiger partial charge >= 0.3 is 0 Å². The number of benzene rings is 2. The standard InChI is InChI=1S/C21H18ClN3O3S2/c1-13-4-7-15(8-5-13)20-23-21(28-24-20)19-18(10-11-29-19)30(26,27)25(3)16-9-6-14(2)17(22)12-16/h4-12H,1-3H3. The van der Waals surface area contributed by atoms with Crippen molar-refractivity contribution in [2.45, 2.75) is 18.7 Å². The molecule has 0 radical (unpaired) electrons. The molecule has 154 valence electrons. The highest BCUT2D eigenvalue weighted by molar-refractivity contribution is 7.93. The van der Waals surface area contributed by atoms with Crippen LogP contribution in [0, 0.1) is 13.8 Å². The highest BCUT2D eigenvalue weighted by Gasteiger charge is 2.29. The van der Waals surface area contributed by atoms with Gasteiger partial charge < -0.3 is 4.52 Å². The zero-order chi connectivity index (χ0) is 21.5. The van der Waals surface area contributed by atoms with Crippen molar-refractivity contribution in [1.82, 2.24) is 10.1 Å². The van der Waals surface area contributed by atoms with Gasteiger partial charge in [-0.3, -0.25) is 4.31 Å². The molecule has 2 aromatic carbocycles. The van der Waals surface area contributed by atoms with Gasteiger partial charge in [0, 0.05) is 17.6 Å². The predicted octanol–water partition coefficient (Wildman–Crippen LogP) is 5.56. The SMILES string of the molecule is Cc1ccc(-c2noc(-c3sccc3S(=O)(=O)N(C)c3ccc(C)c(Cl)c3)n2)cc1. The van der Waals surface area contributed by atoms with Crippen molar-refractivity contribution in [2.24, 2.45) is 0 Å². The number of sulfonamides is 1. The first-order chi connectivity index (χ1) is 14.3. The van der Waals surface area contributed by atoms with Gasteiger partial charge in [-0.05, 0) is 43.0 Å². The second kappa shape index (κ2) is 7.86. The number of halogens is 1. The molecule has 0 aliphatic heterocycles. The molecule has 0 bridgehead atoms. The molecule has 30 heavy (non-hydrogen) atoms. The quantitative estimate of drug-likeness (QED) is 0.390. The lowest BCUT2D eigenvalue weighted by Gasteiger charge is -2.20. The van der Waals surface area contributed by atoms with Crippen LogP contribution in [0.15, 0.2) is 63.3 Å². The normalized spacial score (nSPS) is 11.6. The van der Waals surface area contributed by atoms with E-state index in [1.54, 1.807) is 23.6 Å². The number of hydrogen-bond acceptors (Lipinski definition) is 6. The summed E-state index contributed by atoms with van der Waals surface area (Å²) in [4.78, 5) is 4.91. The minimum atomic E-state index is -3.86. The summed E-state index contributed by atoms with van der Waals surface area (Å²) in [6.45, 7) is 3.85. The van der Waals surface area contributed by atoms with E-state index in [4.69, 9.17) is 16.1 Å². The van der Waals surface area contributed by atoms with Gasteiger partial charge in [-0.25, -0.2) is 8.42 Å². The molecule has 0 fully saturated rings. The first-order valence-electron chi connectivity index (χ1n) is 9.01. The van der Waals surface area contributed by atoms with E-state index in [1.807, 2.05) is 38.1 Å². The molecule has 0 atom stereocenters. The van der Waals surface area contributed by atoms with Gasteiger partial charge in [0.05, 0.1) is 5.69 Å². The molecule has 0 aliphatic rings. The number of aromatic nitrogens is 2. The summed E-state index contributed by atoms with van der Waals surface area (Å²) in [6.07, 6.45) is 0. The number of hydrogen-bond donors (Lipinski definition) is 0. The zero-order valence-corrected chi connectivity index (χ0v) is 18.8. The second-order valence-electron chi connectivity index (χ2n) is 6.81. The molecule has 9 heteroatoms. The maximum atomic E-state index is 13.3. The van der Waals surface area contributed by atoms with Crippen molar-refractivity contribution in [3.63, 3.8) is 0 Å². The highest BCUT2D eigenvalue weighted by Crippen LogP contribution is 2.36. The van der Waals surface area contributed by atoms with Crippen molar-refractivity contribution in [2.75, 3.05) is 11.4 Å². The average molecular weight is 460 g/mol. The maximum absolute atomic E-state index is 13.3. The smallest absolute Gasteiger partial charge is 0.269 e. The summed E-state index contributed by atoms with van der Waals surface area (Å²) in [5.41, 5.74) is 3.25. The Bertz CT molecular complexity index is 1310. The molecule has 2 heterocycles. The third-order valence-electron chi connectivity index (χ3n) is 4.72. The highest BCUT2D eigenvalue weighted by atomic mass is 35.5. The molecular weight excluding hydrogens is 442 g/mol. The summed E-state index contributed by atoms with van der Waals surface area (Å²) in [5.74, 6) is 0.565. The largest absolute Gasteiger partial charge is 0.333 e. The minimum Gasteiger partial charge on any atom is -0.333 e. The molecule has 0 amide bonds. The Kier molecular flexibility index (Phi) is 5.40. The van der Waals surface area contributed by atoms with E-state index in [-0.39, 0.29) is 10.8 Å². The summed E-state index contributed by atoms with van der Waals surface area (Å²) >= 11 is 7.41. The van der Waals surface area contributed by atoms with Crippen LogP contribution < -0.4 is 4.31 Å². The summed E-state index contributed by atoms with van der Waals surface area (Å²) in [6, 6.07) is 14.4. The number of aryl methyl sites for hydroxylation is 2. The van der Waals surface area contributed by atoms with Gasteiger partial charge in [0.1, 0.15) is 9.77 Å². The topological polar surface area (TPSA) is 76.3 Å². The molecule has 6 nitrogen and oxygen atoms in total. The van der Waals surface area contributed by atoms with Crippen LogP contribution in [0.4, 0.5) is 5.69 Å². The maximum Gasteiger partial charge on any atom is 0.269 e. The van der Waals surface area contributed by atoms with Crippen LogP contribution >= 0.6 is 22.9 Å². The first-order valence-corrected chi connectivity index (χ1v) is 11.7. The minimum absolute atomic E-state index is 0.103. The number of rotatable bonds is 5. The molecule has 0 unspecified atom stereocenters. The van der Waals surface area contributed by atoms with Crippen molar-refractivity contribution in [1.29, 1.82) is 0 Å². The molecule has 4 aromatic rings. The Hall–Kier alpha value is -2.68. The lowest BCUT2D eigenvalue weighted by molar-refractivity contribution is 0.432. The van der Waals surface area contributed by atoms with E-state index in [0.717, 1.165) is 16.7 Å². The molecule has 0 aliphatic carbocycles. The molecular formula is C21H18ClN3O3S2. The number of nitrogens with zero attached hydrogens (tertiary/aromatic N) is 3. The van der Waals surface area contributed by atoms with Gasteiger partial charge in [-0.2, -0.15) is 4.98 Å². The zero-order valence-electron chi connectivity index (χ0n) is 16.5. The van der Waals surface area contributed by atoms with Gasteiger partial charge in [0.2, 0.25) is 5.82 Å². The number of thiophene rings is 1. The van der Waals surface area contributed by atoms with Gasteiger partial charge in [0.15, 0.2) is 0 Å². The lowest BCUT2D eigenvalue weighted by atomic mass is 10.1. The molecule has 0 spiro atoms. The van der Waals surface area contributed by atoms with E-state index >= 15 is 0 Å². The first kappa shape index (κ1) is 20.6. The summed E-state index contributed by atoms with van der Waals surface area (Å²) < 4.78 is 33.2. The Morgan fingerprint density at radius 2 is 1.80 bits per heavy atom. The van der Waals surface area contributed by atoms with Crippen LogP contribution in [0.3, 0.4) is 0 Å². The monoisotopic (exact) mass is 459 g/mol. The fourth-order valence-corrected chi connectivity index (χ4v) is 5.53. The Labute approximate surface area is 183 Å². The third kappa shape index (κ3) is 3.74.